The largest absolute Gasteiger partial charge is 0.268 e. The normalized spacial score (nSPS) is 13.1. The molecule has 0 amide bonds. The summed E-state index contributed by atoms with van der Waals surface area (Å²) in [4.78, 5) is 0. The molecular weight excluding hydrogens is 231 g/mol. The fourth-order valence-corrected chi connectivity index (χ4v) is 1.94. The van der Waals surface area contributed by atoms with Crippen LogP contribution in [0.1, 0.15) is 38.1 Å². The summed E-state index contributed by atoms with van der Waals surface area (Å²) in [7, 11) is 0. The van der Waals surface area contributed by atoms with E-state index in [1.165, 1.54) is 0 Å². The molecule has 0 fully saturated rings. The maximum atomic E-state index is 6.19. The van der Waals surface area contributed by atoms with Crippen molar-refractivity contribution in [1.82, 2.24) is 9.78 Å². The first kappa shape index (κ1) is 12.9. The maximum Gasteiger partial charge on any atom is 0.0847 e. The van der Waals surface area contributed by atoms with Crippen LogP contribution in [0.5, 0.6) is 0 Å². The zero-order chi connectivity index (χ0) is 11.4. The summed E-state index contributed by atoms with van der Waals surface area (Å²) in [5.41, 5.74) is 2.03. The standard InChI is InChI=1S/C11H18Cl2N2/c1-4-9(12)6-7-10-11(13)8(3)14-15(10)5-2/h9H,4-7H2,1-3H3. The third kappa shape index (κ3) is 3.12. The molecule has 0 N–H and O–H groups in total. The summed E-state index contributed by atoms with van der Waals surface area (Å²) >= 11 is 12.3. The lowest BCUT2D eigenvalue weighted by Gasteiger charge is -2.08. The molecule has 1 aromatic rings. The third-order valence-electron chi connectivity index (χ3n) is 2.59. The first-order valence-corrected chi connectivity index (χ1v) is 6.27. The Kier molecular flexibility index (Phi) is 4.94. The van der Waals surface area contributed by atoms with Gasteiger partial charge in [-0.3, -0.25) is 4.68 Å². The minimum atomic E-state index is 0.238. The van der Waals surface area contributed by atoms with Crippen molar-refractivity contribution < 1.29 is 0 Å². The molecule has 86 valence electrons. The molecule has 4 heteroatoms. The van der Waals surface area contributed by atoms with E-state index in [1.54, 1.807) is 0 Å². The molecule has 15 heavy (non-hydrogen) atoms. The molecule has 2 nitrogen and oxygen atoms in total. The van der Waals surface area contributed by atoms with Crippen molar-refractivity contribution in [3.05, 3.63) is 16.4 Å². The molecule has 1 rings (SSSR count). The monoisotopic (exact) mass is 248 g/mol. The molecular formula is C11H18Cl2N2. The average Bonchev–Trinajstić information content (AvgIpc) is 2.52. The molecule has 1 aromatic heterocycles. The van der Waals surface area contributed by atoms with Gasteiger partial charge in [0.2, 0.25) is 0 Å². The second-order valence-corrected chi connectivity index (χ2v) is 4.70. The van der Waals surface area contributed by atoms with Crippen LogP contribution in [0.2, 0.25) is 5.02 Å². The molecule has 0 radical (unpaired) electrons. The molecule has 0 bridgehead atoms. The van der Waals surface area contributed by atoms with Crippen LogP contribution in [0, 0.1) is 6.92 Å². The molecule has 1 heterocycles. The van der Waals surface area contributed by atoms with E-state index in [0.29, 0.717) is 0 Å². The Morgan fingerprint density at radius 1 is 1.40 bits per heavy atom. The van der Waals surface area contributed by atoms with Gasteiger partial charge in [-0.25, -0.2) is 0 Å². The maximum absolute atomic E-state index is 6.19. The summed E-state index contributed by atoms with van der Waals surface area (Å²) in [5, 5.41) is 5.41. The lowest BCUT2D eigenvalue weighted by molar-refractivity contribution is 0.598. The number of nitrogens with zero attached hydrogens (tertiary/aromatic N) is 2. The molecule has 0 aliphatic carbocycles. The first-order valence-electron chi connectivity index (χ1n) is 5.45. The topological polar surface area (TPSA) is 17.8 Å². The highest BCUT2D eigenvalue weighted by molar-refractivity contribution is 6.31. The molecule has 0 saturated heterocycles. The molecule has 0 saturated carbocycles. The van der Waals surface area contributed by atoms with E-state index in [2.05, 4.69) is 18.9 Å². The van der Waals surface area contributed by atoms with Gasteiger partial charge in [0.15, 0.2) is 0 Å². The van der Waals surface area contributed by atoms with Crippen LogP contribution in [0.15, 0.2) is 0 Å². The summed E-state index contributed by atoms with van der Waals surface area (Å²) in [6, 6.07) is 0. The van der Waals surface area contributed by atoms with Gasteiger partial charge in [0.25, 0.3) is 0 Å². The Labute approximate surface area is 102 Å². The van der Waals surface area contributed by atoms with Crippen LogP contribution in [-0.4, -0.2) is 15.2 Å². The van der Waals surface area contributed by atoms with Crippen molar-refractivity contribution in [2.24, 2.45) is 0 Å². The third-order valence-corrected chi connectivity index (χ3v) is 3.61. The number of rotatable bonds is 5. The number of alkyl halides is 1. The molecule has 1 unspecified atom stereocenters. The van der Waals surface area contributed by atoms with Gasteiger partial charge in [-0.05, 0) is 33.1 Å². The van der Waals surface area contributed by atoms with E-state index in [-0.39, 0.29) is 5.38 Å². The Bertz CT molecular complexity index is 321. The highest BCUT2D eigenvalue weighted by Crippen LogP contribution is 2.23. The van der Waals surface area contributed by atoms with Gasteiger partial charge in [0, 0.05) is 11.9 Å². The Balaban J connectivity index is 2.74. The first-order chi connectivity index (χ1) is 7.10. The van der Waals surface area contributed by atoms with Crippen molar-refractivity contribution in [2.75, 3.05) is 0 Å². The minimum Gasteiger partial charge on any atom is -0.268 e. The second-order valence-electron chi connectivity index (χ2n) is 3.71. The Morgan fingerprint density at radius 3 is 2.60 bits per heavy atom. The van der Waals surface area contributed by atoms with Gasteiger partial charge in [0.05, 0.1) is 16.4 Å². The molecule has 1 atom stereocenters. The fourth-order valence-electron chi connectivity index (χ4n) is 1.61. The SMILES string of the molecule is CCC(Cl)CCc1c(Cl)c(C)nn1CC. The van der Waals surface area contributed by atoms with E-state index in [0.717, 1.165) is 42.2 Å². The molecule has 0 aliphatic rings. The van der Waals surface area contributed by atoms with E-state index in [4.69, 9.17) is 23.2 Å². The highest BCUT2D eigenvalue weighted by atomic mass is 35.5. The van der Waals surface area contributed by atoms with Crippen molar-refractivity contribution in [3.8, 4) is 0 Å². The predicted molar refractivity (Wildman–Crippen MR) is 65.9 cm³/mol. The van der Waals surface area contributed by atoms with Crippen molar-refractivity contribution in [2.45, 2.75) is 52.0 Å². The molecule has 0 aromatic carbocycles. The summed E-state index contributed by atoms with van der Waals surface area (Å²) in [5.74, 6) is 0. The molecule has 0 aliphatic heterocycles. The summed E-state index contributed by atoms with van der Waals surface area (Å²) < 4.78 is 1.97. The summed E-state index contributed by atoms with van der Waals surface area (Å²) in [6.45, 7) is 6.98. The van der Waals surface area contributed by atoms with Gasteiger partial charge in [0.1, 0.15) is 0 Å². The highest BCUT2D eigenvalue weighted by Gasteiger charge is 2.13. The van der Waals surface area contributed by atoms with Crippen LogP contribution in [0.4, 0.5) is 0 Å². The molecule has 0 spiro atoms. The number of aromatic nitrogens is 2. The lowest BCUT2D eigenvalue weighted by Crippen LogP contribution is -2.06. The fraction of sp³-hybridized carbons (Fsp3) is 0.727. The number of hydrogen-bond donors (Lipinski definition) is 0. The van der Waals surface area contributed by atoms with Crippen molar-refractivity contribution in [3.63, 3.8) is 0 Å². The Hall–Kier alpha value is -0.210. The zero-order valence-corrected chi connectivity index (χ0v) is 11.1. The van der Waals surface area contributed by atoms with Gasteiger partial charge in [-0.15, -0.1) is 11.6 Å². The Morgan fingerprint density at radius 2 is 2.07 bits per heavy atom. The van der Waals surface area contributed by atoms with E-state index < -0.39 is 0 Å². The van der Waals surface area contributed by atoms with E-state index >= 15 is 0 Å². The van der Waals surface area contributed by atoms with Crippen LogP contribution < -0.4 is 0 Å². The van der Waals surface area contributed by atoms with Crippen LogP contribution in [0.25, 0.3) is 0 Å². The van der Waals surface area contributed by atoms with E-state index in [1.807, 2.05) is 11.6 Å². The van der Waals surface area contributed by atoms with Gasteiger partial charge >= 0.3 is 0 Å². The smallest absolute Gasteiger partial charge is 0.0847 e. The number of hydrogen-bond acceptors (Lipinski definition) is 1. The van der Waals surface area contributed by atoms with Crippen LogP contribution in [0.3, 0.4) is 0 Å². The quantitative estimate of drug-likeness (QED) is 0.725. The van der Waals surface area contributed by atoms with E-state index in [9.17, 15) is 0 Å². The van der Waals surface area contributed by atoms with Gasteiger partial charge in [-0.1, -0.05) is 18.5 Å². The van der Waals surface area contributed by atoms with Crippen molar-refractivity contribution in [1.29, 1.82) is 0 Å². The van der Waals surface area contributed by atoms with Crippen LogP contribution >= 0.6 is 23.2 Å². The van der Waals surface area contributed by atoms with Crippen molar-refractivity contribution >= 4 is 23.2 Å². The van der Waals surface area contributed by atoms with Crippen LogP contribution in [-0.2, 0) is 13.0 Å². The number of aryl methyl sites for hydroxylation is 2. The van der Waals surface area contributed by atoms with Gasteiger partial charge in [-0.2, -0.15) is 5.10 Å². The summed E-state index contributed by atoms with van der Waals surface area (Å²) in [6.07, 6.45) is 2.87. The average molecular weight is 249 g/mol. The van der Waals surface area contributed by atoms with Gasteiger partial charge < -0.3 is 0 Å². The minimum absolute atomic E-state index is 0.238. The predicted octanol–water partition coefficient (Wildman–Crippen LogP) is 3.81. The zero-order valence-electron chi connectivity index (χ0n) is 9.56. The lowest BCUT2D eigenvalue weighted by atomic mass is 10.1. The second kappa shape index (κ2) is 5.76. The number of halogens is 2.